The average Bonchev–Trinajstić information content (AvgIpc) is 3.02. The summed E-state index contributed by atoms with van der Waals surface area (Å²) in [6.07, 6.45) is 2.69. The summed E-state index contributed by atoms with van der Waals surface area (Å²) in [5.41, 5.74) is 0.501. The predicted molar refractivity (Wildman–Crippen MR) is 96.8 cm³/mol. The van der Waals surface area contributed by atoms with Gasteiger partial charge in [-0.05, 0) is 39.0 Å². The first-order valence-corrected chi connectivity index (χ1v) is 8.10. The van der Waals surface area contributed by atoms with Crippen LogP contribution in [0.5, 0.6) is 0 Å². The van der Waals surface area contributed by atoms with Crippen molar-refractivity contribution in [2.75, 3.05) is 31.9 Å². The van der Waals surface area contributed by atoms with E-state index in [0.717, 1.165) is 32.1 Å². The molecule has 19 heavy (non-hydrogen) atoms. The third-order valence-electron chi connectivity index (χ3n) is 3.77. The van der Waals surface area contributed by atoms with Crippen LogP contribution in [0, 0.1) is 5.41 Å². The van der Waals surface area contributed by atoms with Gasteiger partial charge in [0.2, 0.25) is 0 Å². The van der Waals surface area contributed by atoms with Crippen LogP contribution in [0.25, 0.3) is 0 Å². The number of nitrogens with zero attached hydrogens (tertiary/aromatic N) is 2. The van der Waals surface area contributed by atoms with Crippen LogP contribution in [0.1, 0.15) is 40.5 Å². The van der Waals surface area contributed by atoms with Gasteiger partial charge in [0.05, 0.1) is 0 Å². The predicted octanol–water partition coefficient (Wildman–Crippen LogP) is 3.20. The van der Waals surface area contributed by atoms with E-state index >= 15 is 0 Å². The molecule has 2 fully saturated rings. The van der Waals surface area contributed by atoms with Crippen molar-refractivity contribution in [3.63, 3.8) is 0 Å². The highest BCUT2D eigenvalue weighted by molar-refractivity contribution is 14.0. The SMILES string of the molecule is CCNC(=NCC1(C)CC1)N1CCSC(C)(C)C1.I. The number of aliphatic imine (C=N–C) groups is 1. The van der Waals surface area contributed by atoms with Gasteiger partial charge in [-0.3, -0.25) is 4.99 Å². The first-order valence-electron chi connectivity index (χ1n) is 7.11. The molecule has 1 aliphatic heterocycles. The normalized spacial score (nSPS) is 24.6. The zero-order chi connectivity index (χ0) is 13.2. The van der Waals surface area contributed by atoms with Gasteiger partial charge in [-0.2, -0.15) is 11.8 Å². The van der Waals surface area contributed by atoms with Crippen LogP contribution in [-0.4, -0.2) is 47.5 Å². The summed E-state index contributed by atoms with van der Waals surface area (Å²) in [5, 5.41) is 3.46. The Labute approximate surface area is 139 Å². The molecule has 0 amide bonds. The lowest BCUT2D eigenvalue weighted by molar-refractivity contribution is 0.374. The summed E-state index contributed by atoms with van der Waals surface area (Å²) in [7, 11) is 0. The molecule has 1 aliphatic carbocycles. The van der Waals surface area contributed by atoms with Gasteiger partial charge in [0.15, 0.2) is 5.96 Å². The smallest absolute Gasteiger partial charge is 0.194 e. The van der Waals surface area contributed by atoms with Gasteiger partial charge in [0.1, 0.15) is 0 Å². The maximum absolute atomic E-state index is 4.86. The van der Waals surface area contributed by atoms with Crippen LogP contribution in [-0.2, 0) is 0 Å². The molecule has 2 aliphatic rings. The Kier molecular flexibility index (Phi) is 6.29. The molecule has 1 heterocycles. The van der Waals surface area contributed by atoms with Crippen LogP contribution in [0.4, 0.5) is 0 Å². The topological polar surface area (TPSA) is 27.6 Å². The fourth-order valence-corrected chi connectivity index (χ4v) is 3.37. The van der Waals surface area contributed by atoms with Crippen molar-refractivity contribution < 1.29 is 0 Å². The second-order valence-corrected chi connectivity index (χ2v) is 8.31. The first kappa shape index (κ1) is 17.4. The lowest BCUT2D eigenvalue weighted by Crippen LogP contribution is -2.51. The van der Waals surface area contributed by atoms with Gasteiger partial charge >= 0.3 is 0 Å². The van der Waals surface area contributed by atoms with Gasteiger partial charge in [-0.15, -0.1) is 24.0 Å². The number of halogens is 1. The molecule has 5 heteroatoms. The van der Waals surface area contributed by atoms with Gasteiger partial charge in [0, 0.05) is 36.7 Å². The van der Waals surface area contributed by atoms with E-state index in [0.29, 0.717) is 10.2 Å². The minimum atomic E-state index is 0. The summed E-state index contributed by atoms with van der Waals surface area (Å²) >= 11 is 2.07. The summed E-state index contributed by atoms with van der Waals surface area (Å²) in [4.78, 5) is 7.29. The van der Waals surface area contributed by atoms with Crippen molar-refractivity contribution in [1.82, 2.24) is 10.2 Å². The lowest BCUT2D eigenvalue weighted by Gasteiger charge is -2.39. The molecule has 2 rings (SSSR count). The van der Waals surface area contributed by atoms with Crippen LogP contribution in [0.15, 0.2) is 4.99 Å². The highest BCUT2D eigenvalue weighted by atomic mass is 127. The molecule has 0 aromatic heterocycles. The molecule has 112 valence electrons. The van der Waals surface area contributed by atoms with Crippen LogP contribution >= 0.6 is 35.7 Å². The fraction of sp³-hybridized carbons (Fsp3) is 0.929. The van der Waals surface area contributed by atoms with E-state index in [1.807, 2.05) is 0 Å². The molecule has 0 radical (unpaired) electrons. The Bertz CT molecular complexity index is 327. The standard InChI is InChI=1S/C14H27N3S.HI/c1-5-15-12(16-10-14(4)6-7-14)17-8-9-18-13(2,3)11-17;/h5-11H2,1-4H3,(H,15,16);1H. The largest absolute Gasteiger partial charge is 0.357 e. The van der Waals surface area contributed by atoms with Crippen molar-refractivity contribution in [1.29, 1.82) is 0 Å². The van der Waals surface area contributed by atoms with Crippen molar-refractivity contribution in [2.45, 2.75) is 45.3 Å². The molecule has 3 nitrogen and oxygen atoms in total. The number of thioether (sulfide) groups is 1. The first-order chi connectivity index (χ1) is 8.44. The Balaban J connectivity index is 0.00000180. The van der Waals surface area contributed by atoms with E-state index in [4.69, 9.17) is 4.99 Å². The monoisotopic (exact) mass is 397 g/mol. The van der Waals surface area contributed by atoms with Gasteiger partial charge < -0.3 is 10.2 Å². The van der Waals surface area contributed by atoms with E-state index < -0.39 is 0 Å². The summed E-state index contributed by atoms with van der Waals surface area (Å²) < 4.78 is 0.345. The Morgan fingerprint density at radius 1 is 1.32 bits per heavy atom. The molecule has 1 N–H and O–H groups in total. The number of hydrogen-bond acceptors (Lipinski definition) is 2. The molecule has 1 saturated heterocycles. The highest BCUT2D eigenvalue weighted by Gasteiger charge is 2.37. The van der Waals surface area contributed by atoms with E-state index in [2.05, 4.69) is 49.7 Å². The van der Waals surface area contributed by atoms with E-state index in [1.165, 1.54) is 18.6 Å². The van der Waals surface area contributed by atoms with Crippen molar-refractivity contribution in [3.8, 4) is 0 Å². The van der Waals surface area contributed by atoms with Crippen molar-refractivity contribution in [2.24, 2.45) is 10.4 Å². The summed E-state index contributed by atoms with van der Waals surface area (Å²) in [6, 6.07) is 0. The molecular formula is C14H28IN3S. The minimum Gasteiger partial charge on any atom is -0.357 e. The summed E-state index contributed by atoms with van der Waals surface area (Å²) in [6.45, 7) is 13.3. The zero-order valence-corrected chi connectivity index (χ0v) is 15.8. The fourth-order valence-electron chi connectivity index (χ4n) is 2.26. The maximum Gasteiger partial charge on any atom is 0.194 e. The molecule has 0 unspecified atom stereocenters. The molecular weight excluding hydrogens is 369 g/mol. The third-order valence-corrected chi connectivity index (χ3v) is 5.07. The molecule has 0 atom stereocenters. The molecule has 0 aromatic rings. The average molecular weight is 397 g/mol. The van der Waals surface area contributed by atoms with Crippen molar-refractivity contribution in [3.05, 3.63) is 0 Å². The van der Waals surface area contributed by atoms with Crippen LogP contribution < -0.4 is 5.32 Å². The molecule has 1 saturated carbocycles. The minimum absolute atomic E-state index is 0. The van der Waals surface area contributed by atoms with Gasteiger partial charge in [-0.25, -0.2) is 0 Å². The number of hydrogen-bond donors (Lipinski definition) is 1. The Morgan fingerprint density at radius 3 is 2.53 bits per heavy atom. The lowest BCUT2D eigenvalue weighted by atomic mass is 10.1. The highest BCUT2D eigenvalue weighted by Crippen LogP contribution is 2.45. The van der Waals surface area contributed by atoms with E-state index in [-0.39, 0.29) is 24.0 Å². The quantitative estimate of drug-likeness (QED) is 0.450. The van der Waals surface area contributed by atoms with E-state index in [9.17, 15) is 0 Å². The second-order valence-electron chi connectivity index (χ2n) is 6.51. The number of nitrogens with one attached hydrogen (secondary N) is 1. The number of rotatable bonds is 3. The zero-order valence-electron chi connectivity index (χ0n) is 12.7. The summed E-state index contributed by atoms with van der Waals surface area (Å²) in [5.74, 6) is 2.33. The van der Waals surface area contributed by atoms with Gasteiger partial charge in [-0.1, -0.05) is 6.92 Å². The van der Waals surface area contributed by atoms with Crippen molar-refractivity contribution >= 4 is 41.7 Å². The Hall–Kier alpha value is 0.350. The maximum atomic E-state index is 4.86. The molecule has 0 bridgehead atoms. The molecule has 0 spiro atoms. The number of guanidine groups is 1. The second kappa shape index (κ2) is 6.87. The van der Waals surface area contributed by atoms with Crippen LogP contribution in [0.3, 0.4) is 0 Å². The van der Waals surface area contributed by atoms with Gasteiger partial charge in [0.25, 0.3) is 0 Å². The van der Waals surface area contributed by atoms with E-state index in [1.54, 1.807) is 0 Å². The Morgan fingerprint density at radius 2 is 2.00 bits per heavy atom. The third kappa shape index (κ3) is 5.33. The molecule has 0 aromatic carbocycles. The van der Waals surface area contributed by atoms with Crippen LogP contribution in [0.2, 0.25) is 0 Å².